The van der Waals surface area contributed by atoms with E-state index in [0.717, 1.165) is 37.3 Å². The van der Waals surface area contributed by atoms with Crippen LogP contribution in [0.25, 0.3) is 21.5 Å². The maximum Gasteiger partial charge on any atom is 0.0552 e. The van der Waals surface area contributed by atoms with Gasteiger partial charge in [0.1, 0.15) is 0 Å². The van der Waals surface area contributed by atoms with Crippen LogP contribution in [-0.2, 0) is 0 Å². The third kappa shape index (κ3) is 5.55. The van der Waals surface area contributed by atoms with Crippen molar-refractivity contribution in [1.29, 1.82) is 0 Å². The highest BCUT2D eigenvalue weighted by Crippen LogP contribution is 2.31. The summed E-state index contributed by atoms with van der Waals surface area (Å²) >= 11 is 0. The molecule has 0 fully saturated rings. The summed E-state index contributed by atoms with van der Waals surface area (Å²) < 4.78 is 0. The number of nitrogens with one attached hydrogen (secondary N) is 2. The van der Waals surface area contributed by atoms with Crippen molar-refractivity contribution in [1.82, 2.24) is 20.7 Å². The lowest BCUT2D eigenvalue weighted by Gasteiger charge is -2.13. The number of nitrogens with zero attached hydrogens (tertiary/aromatic N) is 4. The number of fused-ring (bicyclic) bond motifs is 2. The summed E-state index contributed by atoms with van der Waals surface area (Å²) in [5, 5.41) is 13.7. The first kappa shape index (κ1) is 21.7. The maximum atomic E-state index is 4.49. The van der Waals surface area contributed by atoms with Gasteiger partial charge in [-0.05, 0) is 49.7 Å². The summed E-state index contributed by atoms with van der Waals surface area (Å²) in [6.45, 7) is 3.50. The highest BCUT2D eigenvalue weighted by Gasteiger charge is 2.11. The van der Waals surface area contributed by atoms with Gasteiger partial charge < -0.3 is 20.7 Å². The van der Waals surface area contributed by atoms with Gasteiger partial charge in [0.15, 0.2) is 0 Å². The standard InChI is InChI=1S/C24H32N6/c1-29(2)15-13-25-27-17-23-19-9-5-7-11-21(19)24(18-28-26-14-16-30(3)4)22-12-8-6-10-20(22)23/h5-12,17-18,25-26H,13-16H2,1-4H3/b27-17+,28-18+. The number of likely N-dealkylation sites (N-methyl/N-ethyl adjacent to an activating group) is 2. The van der Waals surface area contributed by atoms with E-state index in [9.17, 15) is 0 Å². The molecule has 0 aliphatic heterocycles. The van der Waals surface area contributed by atoms with Crippen LogP contribution in [-0.4, -0.2) is 76.6 Å². The quantitative estimate of drug-likeness (QED) is 0.236. The monoisotopic (exact) mass is 404 g/mol. The fourth-order valence-electron chi connectivity index (χ4n) is 3.37. The predicted octanol–water partition coefficient (Wildman–Crippen LogP) is 2.96. The number of hydrogen-bond acceptors (Lipinski definition) is 6. The fraction of sp³-hybridized carbons (Fsp3) is 0.333. The van der Waals surface area contributed by atoms with Crippen LogP contribution in [0.2, 0.25) is 0 Å². The normalized spacial score (nSPS) is 12.2. The molecule has 3 aromatic rings. The Morgan fingerprint density at radius 3 is 1.27 bits per heavy atom. The average Bonchev–Trinajstić information content (AvgIpc) is 2.73. The van der Waals surface area contributed by atoms with Crippen LogP contribution in [0.1, 0.15) is 11.1 Å². The lowest BCUT2D eigenvalue weighted by molar-refractivity contribution is 0.403. The third-order valence-electron chi connectivity index (χ3n) is 4.93. The molecule has 0 spiro atoms. The molecule has 0 radical (unpaired) electrons. The van der Waals surface area contributed by atoms with Crippen molar-refractivity contribution >= 4 is 34.0 Å². The van der Waals surface area contributed by atoms with Crippen LogP contribution in [0.3, 0.4) is 0 Å². The summed E-state index contributed by atoms with van der Waals surface area (Å²) in [5.41, 5.74) is 8.55. The maximum absolute atomic E-state index is 4.49. The molecule has 0 heterocycles. The largest absolute Gasteiger partial charge is 0.309 e. The van der Waals surface area contributed by atoms with Gasteiger partial charge in [-0.15, -0.1) is 0 Å². The fourth-order valence-corrected chi connectivity index (χ4v) is 3.37. The van der Waals surface area contributed by atoms with E-state index < -0.39 is 0 Å². The minimum absolute atomic E-state index is 0.808. The molecular weight excluding hydrogens is 372 g/mol. The van der Waals surface area contributed by atoms with E-state index in [0.29, 0.717) is 0 Å². The van der Waals surface area contributed by atoms with Gasteiger partial charge in [-0.2, -0.15) is 10.2 Å². The van der Waals surface area contributed by atoms with Crippen molar-refractivity contribution in [3.8, 4) is 0 Å². The van der Waals surface area contributed by atoms with Crippen LogP contribution in [0.15, 0.2) is 58.7 Å². The van der Waals surface area contributed by atoms with E-state index in [4.69, 9.17) is 0 Å². The Labute approximate surface area is 179 Å². The van der Waals surface area contributed by atoms with Gasteiger partial charge in [0.25, 0.3) is 0 Å². The van der Waals surface area contributed by atoms with Crippen LogP contribution >= 0.6 is 0 Å². The first-order valence-electron chi connectivity index (χ1n) is 10.3. The molecule has 3 aromatic carbocycles. The summed E-state index contributed by atoms with van der Waals surface area (Å²) in [4.78, 5) is 4.27. The van der Waals surface area contributed by atoms with Gasteiger partial charge in [-0.1, -0.05) is 48.5 Å². The zero-order valence-electron chi connectivity index (χ0n) is 18.4. The lowest BCUT2D eigenvalue weighted by atomic mass is 9.92. The third-order valence-corrected chi connectivity index (χ3v) is 4.93. The minimum Gasteiger partial charge on any atom is -0.309 e. The van der Waals surface area contributed by atoms with Gasteiger partial charge in [0, 0.05) is 37.3 Å². The first-order chi connectivity index (χ1) is 14.6. The molecule has 6 nitrogen and oxygen atoms in total. The van der Waals surface area contributed by atoms with E-state index in [-0.39, 0.29) is 0 Å². The molecule has 0 atom stereocenters. The second kappa shape index (κ2) is 10.7. The molecule has 158 valence electrons. The Bertz CT molecular complexity index is 884. The molecule has 6 heteroatoms. The summed E-state index contributed by atoms with van der Waals surface area (Å²) in [7, 11) is 8.23. The number of rotatable bonds is 10. The van der Waals surface area contributed by atoms with Gasteiger partial charge in [-0.25, -0.2) is 0 Å². The van der Waals surface area contributed by atoms with Crippen molar-refractivity contribution in [2.45, 2.75) is 0 Å². The van der Waals surface area contributed by atoms with Gasteiger partial charge in [0.05, 0.1) is 12.4 Å². The topological polar surface area (TPSA) is 55.3 Å². The van der Waals surface area contributed by atoms with E-state index in [2.05, 4.69) is 108 Å². The van der Waals surface area contributed by atoms with Crippen molar-refractivity contribution in [2.75, 3.05) is 54.4 Å². The molecule has 2 N–H and O–H groups in total. The zero-order valence-corrected chi connectivity index (χ0v) is 18.4. The molecule has 0 aliphatic rings. The highest BCUT2D eigenvalue weighted by atomic mass is 15.3. The Balaban J connectivity index is 1.98. The zero-order chi connectivity index (χ0) is 21.3. The SMILES string of the molecule is CN(C)CCN/N=C/c1c2ccccc2c(/C=N/NCCN(C)C)c2ccccc12. The van der Waals surface area contributed by atoms with Crippen molar-refractivity contribution < 1.29 is 0 Å². The summed E-state index contributed by atoms with van der Waals surface area (Å²) in [6.07, 6.45) is 3.88. The molecule has 3 rings (SSSR count). The Hall–Kier alpha value is -2.96. The molecule has 0 aliphatic carbocycles. The van der Waals surface area contributed by atoms with E-state index in [1.54, 1.807) is 0 Å². The first-order valence-corrected chi connectivity index (χ1v) is 10.3. The minimum atomic E-state index is 0.808. The van der Waals surface area contributed by atoms with Crippen LogP contribution in [0.4, 0.5) is 0 Å². The molecule has 30 heavy (non-hydrogen) atoms. The van der Waals surface area contributed by atoms with Gasteiger partial charge in [-0.3, -0.25) is 0 Å². The lowest BCUT2D eigenvalue weighted by Crippen LogP contribution is -2.23. The molecule has 0 aromatic heterocycles. The molecule has 0 amide bonds. The second-order valence-electron chi connectivity index (χ2n) is 7.86. The molecule has 0 saturated heterocycles. The summed E-state index contributed by atoms with van der Waals surface area (Å²) in [5.74, 6) is 0. The van der Waals surface area contributed by atoms with Crippen LogP contribution in [0, 0.1) is 0 Å². The van der Waals surface area contributed by atoms with E-state index >= 15 is 0 Å². The highest BCUT2D eigenvalue weighted by molar-refractivity contribution is 6.21. The van der Waals surface area contributed by atoms with Gasteiger partial charge in [0.2, 0.25) is 0 Å². The molecule has 0 saturated carbocycles. The number of benzene rings is 3. The van der Waals surface area contributed by atoms with Crippen LogP contribution in [0.5, 0.6) is 0 Å². The smallest absolute Gasteiger partial charge is 0.0552 e. The van der Waals surface area contributed by atoms with Crippen LogP contribution < -0.4 is 10.9 Å². The Morgan fingerprint density at radius 2 is 0.967 bits per heavy atom. The Kier molecular flexibility index (Phi) is 7.76. The Morgan fingerprint density at radius 1 is 0.633 bits per heavy atom. The number of hydrogen-bond donors (Lipinski definition) is 2. The van der Waals surface area contributed by atoms with E-state index in [1.165, 1.54) is 21.5 Å². The average molecular weight is 405 g/mol. The van der Waals surface area contributed by atoms with Crippen molar-refractivity contribution in [3.63, 3.8) is 0 Å². The number of hydrazone groups is 2. The van der Waals surface area contributed by atoms with Crippen molar-refractivity contribution in [2.24, 2.45) is 10.2 Å². The summed E-state index contributed by atoms with van der Waals surface area (Å²) in [6, 6.07) is 16.9. The molecule has 0 unspecified atom stereocenters. The predicted molar refractivity (Wildman–Crippen MR) is 130 cm³/mol. The van der Waals surface area contributed by atoms with E-state index in [1.807, 2.05) is 12.4 Å². The van der Waals surface area contributed by atoms with Gasteiger partial charge >= 0.3 is 0 Å². The molecule has 0 bridgehead atoms. The van der Waals surface area contributed by atoms with Crippen molar-refractivity contribution in [3.05, 3.63) is 59.7 Å². The second-order valence-corrected chi connectivity index (χ2v) is 7.86. The molecular formula is C24H32N6.